The Bertz CT molecular complexity index is 197. The largest absolute Gasteiger partial charge is 0.351 e. The van der Waals surface area contributed by atoms with Gasteiger partial charge in [-0.05, 0) is 25.7 Å². The van der Waals surface area contributed by atoms with Crippen LogP contribution >= 0.6 is 12.4 Å². The van der Waals surface area contributed by atoms with Crippen molar-refractivity contribution in [2.75, 3.05) is 6.54 Å². The lowest BCUT2D eigenvalue weighted by Gasteiger charge is -2.33. The maximum atomic E-state index is 11.4. The topological polar surface area (TPSA) is 55.1 Å². The molecule has 0 aromatic rings. The second-order valence-electron chi connectivity index (χ2n) is 5.71. The average molecular weight is 237 g/mol. The Morgan fingerprint density at radius 2 is 1.67 bits per heavy atom. The van der Waals surface area contributed by atoms with E-state index in [9.17, 15) is 4.79 Å². The molecule has 0 saturated carbocycles. The highest BCUT2D eigenvalue weighted by Gasteiger charge is 2.26. The molecule has 0 unspecified atom stereocenters. The molecule has 0 aromatic heterocycles. The van der Waals surface area contributed by atoms with Gasteiger partial charge in [0.15, 0.2) is 0 Å². The maximum absolute atomic E-state index is 11.4. The number of nitrogens with one attached hydrogen (secondary N) is 1. The molecule has 0 atom stereocenters. The molecular formula is C11H25ClN2O. The highest BCUT2D eigenvalue weighted by molar-refractivity contribution is 5.85. The van der Waals surface area contributed by atoms with E-state index in [0.717, 1.165) is 6.42 Å². The smallest absolute Gasteiger partial charge is 0.221 e. The standard InChI is InChI=1S/C11H24N2O.ClH/c1-10(2,3)8-11(4,5)13-9(14)6-7-12;/h6-8,12H2,1-5H3,(H,13,14);1H. The molecule has 92 valence electrons. The molecule has 0 aliphatic rings. The predicted molar refractivity (Wildman–Crippen MR) is 67.2 cm³/mol. The molecule has 0 saturated heterocycles. The fourth-order valence-electron chi connectivity index (χ4n) is 1.94. The number of hydrogen-bond donors (Lipinski definition) is 2. The predicted octanol–water partition coefficient (Wildman–Crippen LogP) is 2.09. The van der Waals surface area contributed by atoms with Gasteiger partial charge in [0.1, 0.15) is 0 Å². The van der Waals surface area contributed by atoms with Crippen molar-refractivity contribution < 1.29 is 4.79 Å². The minimum absolute atomic E-state index is 0. The summed E-state index contributed by atoms with van der Waals surface area (Å²) >= 11 is 0. The summed E-state index contributed by atoms with van der Waals surface area (Å²) in [6.45, 7) is 11.0. The number of halogens is 1. The average Bonchev–Trinajstić information content (AvgIpc) is 1.78. The molecule has 15 heavy (non-hydrogen) atoms. The van der Waals surface area contributed by atoms with Crippen LogP contribution in [0, 0.1) is 5.41 Å². The molecule has 0 heterocycles. The quantitative estimate of drug-likeness (QED) is 0.786. The summed E-state index contributed by atoms with van der Waals surface area (Å²) in [7, 11) is 0. The second kappa shape index (κ2) is 6.33. The van der Waals surface area contributed by atoms with Gasteiger partial charge in [-0.3, -0.25) is 4.79 Å². The van der Waals surface area contributed by atoms with Crippen LogP contribution in [-0.4, -0.2) is 18.0 Å². The first-order valence-electron chi connectivity index (χ1n) is 5.17. The van der Waals surface area contributed by atoms with Gasteiger partial charge < -0.3 is 11.1 Å². The first kappa shape index (κ1) is 17.1. The van der Waals surface area contributed by atoms with E-state index < -0.39 is 0 Å². The zero-order valence-corrected chi connectivity index (χ0v) is 11.3. The van der Waals surface area contributed by atoms with Crippen molar-refractivity contribution in [2.24, 2.45) is 11.1 Å². The van der Waals surface area contributed by atoms with Gasteiger partial charge in [-0.1, -0.05) is 20.8 Å². The molecule has 0 aliphatic heterocycles. The Hall–Kier alpha value is -0.280. The van der Waals surface area contributed by atoms with E-state index in [1.54, 1.807) is 0 Å². The lowest BCUT2D eigenvalue weighted by atomic mass is 9.82. The lowest BCUT2D eigenvalue weighted by molar-refractivity contribution is -0.122. The summed E-state index contributed by atoms with van der Waals surface area (Å²) in [5.41, 5.74) is 5.39. The monoisotopic (exact) mass is 236 g/mol. The van der Waals surface area contributed by atoms with Crippen LogP contribution in [0.2, 0.25) is 0 Å². The van der Waals surface area contributed by atoms with E-state index in [4.69, 9.17) is 5.73 Å². The molecule has 0 fully saturated rings. The van der Waals surface area contributed by atoms with Gasteiger partial charge in [-0.25, -0.2) is 0 Å². The number of amides is 1. The van der Waals surface area contributed by atoms with Gasteiger partial charge in [-0.2, -0.15) is 0 Å². The highest BCUT2D eigenvalue weighted by Crippen LogP contribution is 2.26. The molecule has 0 rings (SSSR count). The maximum Gasteiger partial charge on any atom is 0.221 e. The first-order valence-corrected chi connectivity index (χ1v) is 5.17. The van der Waals surface area contributed by atoms with Gasteiger partial charge in [0.05, 0.1) is 0 Å². The van der Waals surface area contributed by atoms with E-state index in [1.165, 1.54) is 0 Å². The Labute approximate surface area is 99.6 Å². The molecule has 1 amide bonds. The normalized spacial score (nSPS) is 11.9. The minimum Gasteiger partial charge on any atom is -0.351 e. The van der Waals surface area contributed by atoms with Crippen LogP contribution < -0.4 is 11.1 Å². The van der Waals surface area contributed by atoms with Crippen molar-refractivity contribution in [1.82, 2.24) is 5.32 Å². The molecule has 0 spiro atoms. The van der Waals surface area contributed by atoms with Crippen LogP contribution in [0.4, 0.5) is 0 Å². The van der Waals surface area contributed by atoms with Gasteiger partial charge in [0.25, 0.3) is 0 Å². The summed E-state index contributed by atoms with van der Waals surface area (Å²) in [4.78, 5) is 11.4. The van der Waals surface area contributed by atoms with E-state index in [0.29, 0.717) is 13.0 Å². The molecule has 0 radical (unpaired) electrons. The molecule has 0 aliphatic carbocycles. The van der Waals surface area contributed by atoms with Crippen molar-refractivity contribution in [3.8, 4) is 0 Å². The van der Waals surface area contributed by atoms with Gasteiger partial charge in [0.2, 0.25) is 5.91 Å². The minimum atomic E-state index is -0.148. The van der Waals surface area contributed by atoms with E-state index >= 15 is 0 Å². The molecule has 0 aromatic carbocycles. The second-order valence-corrected chi connectivity index (χ2v) is 5.71. The van der Waals surface area contributed by atoms with Gasteiger partial charge >= 0.3 is 0 Å². The third-order valence-electron chi connectivity index (χ3n) is 1.82. The molecule has 4 heteroatoms. The SMILES string of the molecule is CC(C)(C)CC(C)(C)NC(=O)CCN.Cl. The Morgan fingerprint density at radius 3 is 2.00 bits per heavy atom. The summed E-state index contributed by atoms with van der Waals surface area (Å²) in [5, 5.41) is 2.99. The van der Waals surface area contributed by atoms with Crippen LogP contribution in [-0.2, 0) is 4.79 Å². The summed E-state index contributed by atoms with van der Waals surface area (Å²) < 4.78 is 0. The first-order chi connectivity index (χ1) is 6.16. The van der Waals surface area contributed by atoms with Crippen LogP contribution in [0.25, 0.3) is 0 Å². The van der Waals surface area contributed by atoms with Crippen LogP contribution in [0.5, 0.6) is 0 Å². The van der Waals surface area contributed by atoms with E-state index in [2.05, 4.69) is 26.1 Å². The Morgan fingerprint density at radius 1 is 1.20 bits per heavy atom. The number of nitrogens with two attached hydrogens (primary N) is 1. The number of rotatable bonds is 4. The molecule has 3 nitrogen and oxygen atoms in total. The Kier molecular flexibility index (Phi) is 7.23. The highest BCUT2D eigenvalue weighted by atomic mass is 35.5. The zero-order valence-electron chi connectivity index (χ0n) is 10.5. The lowest BCUT2D eigenvalue weighted by Crippen LogP contribution is -2.46. The van der Waals surface area contributed by atoms with Gasteiger partial charge in [-0.15, -0.1) is 12.4 Å². The fraction of sp³-hybridized carbons (Fsp3) is 0.909. The summed E-state index contributed by atoms with van der Waals surface area (Å²) in [6, 6.07) is 0. The van der Waals surface area contributed by atoms with Crippen molar-refractivity contribution >= 4 is 18.3 Å². The van der Waals surface area contributed by atoms with Crippen molar-refractivity contribution in [2.45, 2.75) is 53.0 Å². The third kappa shape index (κ3) is 10.0. The summed E-state index contributed by atoms with van der Waals surface area (Å²) in [6.07, 6.45) is 1.36. The molecule has 0 bridgehead atoms. The van der Waals surface area contributed by atoms with Crippen molar-refractivity contribution in [3.05, 3.63) is 0 Å². The number of carbonyl (C=O) groups excluding carboxylic acids is 1. The van der Waals surface area contributed by atoms with E-state index in [-0.39, 0.29) is 29.3 Å². The zero-order chi connectivity index (χ0) is 11.4. The number of carbonyl (C=O) groups is 1. The third-order valence-corrected chi connectivity index (χ3v) is 1.82. The number of hydrogen-bond acceptors (Lipinski definition) is 2. The van der Waals surface area contributed by atoms with Crippen LogP contribution in [0.15, 0.2) is 0 Å². The van der Waals surface area contributed by atoms with Crippen molar-refractivity contribution in [3.63, 3.8) is 0 Å². The van der Waals surface area contributed by atoms with Crippen LogP contribution in [0.1, 0.15) is 47.5 Å². The molecule has 3 N–H and O–H groups in total. The fourth-order valence-corrected chi connectivity index (χ4v) is 1.94. The van der Waals surface area contributed by atoms with Crippen molar-refractivity contribution in [1.29, 1.82) is 0 Å². The molecular weight excluding hydrogens is 212 g/mol. The Balaban J connectivity index is 0. The summed E-state index contributed by atoms with van der Waals surface area (Å²) in [5.74, 6) is 0.0433. The van der Waals surface area contributed by atoms with Gasteiger partial charge in [0, 0.05) is 18.5 Å². The van der Waals surface area contributed by atoms with E-state index in [1.807, 2.05) is 13.8 Å². The van der Waals surface area contributed by atoms with Crippen LogP contribution in [0.3, 0.4) is 0 Å².